The lowest BCUT2D eigenvalue weighted by Gasteiger charge is -2.32. The van der Waals surface area contributed by atoms with Crippen molar-refractivity contribution in [1.29, 1.82) is 0 Å². The van der Waals surface area contributed by atoms with Gasteiger partial charge in [0.2, 0.25) is 10.0 Å². The van der Waals surface area contributed by atoms with E-state index in [1.54, 1.807) is 17.1 Å². The maximum absolute atomic E-state index is 13.4. The summed E-state index contributed by atoms with van der Waals surface area (Å²) in [7, 11) is -2.37. The van der Waals surface area contributed by atoms with E-state index in [0.29, 0.717) is 6.54 Å². The molecule has 2 atom stereocenters. The zero-order chi connectivity index (χ0) is 24.3. The van der Waals surface area contributed by atoms with Crippen LogP contribution in [-0.4, -0.2) is 53.1 Å². The third-order valence-electron chi connectivity index (χ3n) is 6.18. The summed E-state index contributed by atoms with van der Waals surface area (Å²) in [6.07, 6.45) is 5.71. The van der Waals surface area contributed by atoms with Crippen molar-refractivity contribution >= 4 is 15.9 Å². The van der Waals surface area contributed by atoms with Gasteiger partial charge in [0.1, 0.15) is 23.3 Å². The standard InChI is InChI=1S/C24H29N5O4S/c1-17-6-4-5-13-29(17)34(31,32)23-14-20(9-12-22(23)33-3)24(30)27-18(2)19-7-10-21(11-8-19)28-16-25-15-26-28/h7-12,14-18H,4-6,13H2,1-3H3,(H,27,30)/t17-,18-/m0/s1. The summed E-state index contributed by atoms with van der Waals surface area (Å²) in [6.45, 7) is 4.25. The second-order valence-corrected chi connectivity index (χ2v) is 10.3. The lowest BCUT2D eigenvalue weighted by molar-refractivity contribution is 0.0939. The first-order valence-electron chi connectivity index (χ1n) is 11.3. The van der Waals surface area contributed by atoms with Crippen LogP contribution in [0, 0.1) is 0 Å². The fourth-order valence-corrected chi connectivity index (χ4v) is 6.08. The quantitative estimate of drug-likeness (QED) is 0.553. The molecule has 0 bridgehead atoms. The average molecular weight is 484 g/mol. The summed E-state index contributed by atoms with van der Waals surface area (Å²) in [5, 5.41) is 7.05. The van der Waals surface area contributed by atoms with Crippen LogP contribution in [0.1, 0.15) is 55.1 Å². The van der Waals surface area contributed by atoms with Crippen LogP contribution in [0.25, 0.3) is 5.69 Å². The smallest absolute Gasteiger partial charge is 0.251 e. The first-order chi connectivity index (χ1) is 16.3. The number of ether oxygens (including phenoxy) is 1. The van der Waals surface area contributed by atoms with E-state index in [9.17, 15) is 13.2 Å². The molecule has 10 heteroatoms. The SMILES string of the molecule is COc1ccc(C(=O)N[C@@H](C)c2ccc(-n3cncn3)cc2)cc1S(=O)(=O)N1CCCC[C@@H]1C. The van der Waals surface area contributed by atoms with Gasteiger partial charge in [-0.3, -0.25) is 4.79 Å². The fraction of sp³-hybridized carbons (Fsp3) is 0.375. The maximum Gasteiger partial charge on any atom is 0.251 e. The number of benzene rings is 2. The largest absolute Gasteiger partial charge is 0.495 e. The molecule has 4 rings (SSSR count). The van der Waals surface area contributed by atoms with Crippen molar-refractivity contribution in [1.82, 2.24) is 24.4 Å². The molecule has 0 aliphatic carbocycles. The lowest BCUT2D eigenvalue weighted by Crippen LogP contribution is -2.42. The average Bonchev–Trinajstić information content (AvgIpc) is 3.39. The molecule has 0 spiro atoms. The number of rotatable bonds is 7. The number of amides is 1. The number of carbonyl (C=O) groups is 1. The summed E-state index contributed by atoms with van der Waals surface area (Å²) in [6, 6.07) is 11.7. The molecule has 0 unspecified atom stereocenters. The normalized spacial score (nSPS) is 17.8. The molecule has 1 saturated heterocycles. The summed E-state index contributed by atoms with van der Waals surface area (Å²) < 4.78 is 35.3. The Morgan fingerprint density at radius 3 is 2.59 bits per heavy atom. The highest BCUT2D eigenvalue weighted by Crippen LogP contribution is 2.32. The number of sulfonamides is 1. The topological polar surface area (TPSA) is 106 Å². The van der Waals surface area contributed by atoms with Gasteiger partial charge in [0.15, 0.2) is 0 Å². The van der Waals surface area contributed by atoms with Crippen molar-refractivity contribution in [2.75, 3.05) is 13.7 Å². The molecule has 9 nitrogen and oxygen atoms in total. The molecule has 0 saturated carbocycles. The Hall–Kier alpha value is -3.24. The molecular weight excluding hydrogens is 454 g/mol. The van der Waals surface area contributed by atoms with E-state index in [4.69, 9.17) is 4.74 Å². The zero-order valence-electron chi connectivity index (χ0n) is 19.5. The van der Waals surface area contributed by atoms with Gasteiger partial charge < -0.3 is 10.1 Å². The zero-order valence-corrected chi connectivity index (χ0v) is 20.3. The molecule has 1 aliphatic rings. The van der Waals surface area contributed by atoms with Gasteiger partial charge in [-0.1, -0.05) is 18.6 Å². The van der Waals surface area contributed by atoms with Gasteiger partial charge in [-0.05, 0) is 62.6 Å². The van der Waals surface area contributed by atoms with Crippen molar-refractivity contribution in [3.05, 3.63) is 66.2 Å². The Balaban J connectivity index is 1.54. The second-order valence-electron chi connectivity index (χ2n) is 8.45. The third-order valence-corrected chi connectivity index (χ3v) is 8.21. The van der Waals surface area contributed by atoms with Crippen LogP contribution in [0.5, 0.6) is 5.75 Å². The van der Waals surface area contributed by atoms with Gasteiger partial charge in [-0.25, -0.2) is 18.1 Å². The van der Waals surface area contributed by atoms with Crippen LogP contribution in [0.3, 0.4) is 0 Å². The van der Waals surface area contributed by atoms with E-state index in [2.05, 4.69) is 15.4 Å². The highest BCUT2D eigenvalue weighted by Gasteiger charge is 2.33. The molecule has 1 amide bonds. The number of piperidine rings is 1. The Morgan fingerprint density at radius 2 is 1.94 bits per heavy atom. The van der Waals surface area contributed by atoms with Gasteiger partial charge in [0, 0.05) is 18.2 Å². The van der Waals surface area contributed by atoms with Gasteiger partial charge in [-0.15, -0.1) is 0 Å². The van der Waals surface area contributed by atoms with Crippen LogP contribution < -0.4 is 10.1 Å². The molecule has 2 heterocycles. The Labute approximate surface area is 199 Å². The number of hydrogen-bond acceptors (Lipinski definition) is 6. The predicted molar refractivity (Wildman–Crippen MR) is 127 cm³/mol. The van der Waals surface area contributed by atoms with Crippen LogP contribution in [0.15, 0.2) is 60.0 Å². The first kappa shape index (κ1) is 23.9. The number of nitrogens with one attached hydrogen (secondary N) is 1. The maximum atomic E-state index is 13.4. The summed E-state index contributed by atoms with van der Waals surface area (Å²) in [5.74, 6) is -0.135. The molecule has 0 radical (unpaired) electrons. The fourth-order valence-electron chi connectivity index (χ4n) is 4.20. The summed E-state index contributed by atoms with van der Waals surface area (Å²) >= 11 is 0. The molecule has 3 aromatic rings. The number of methoxy groups -OCH3 is 1. The monoisotopic (exact) mass is 483 g/mol. The third kappa shape index (κ3) is 4.83. The summed E-state index contributed by atoms with van der Waals surface area (Å²) in [5.41, 5.74) is 2.02. The van der Waals surface area contributed by atoms with Crippen molar-refractivity contribution in [2.45, 2.75) is 50.1 Å². The van der Waals surface area contributed by atoms with Gasteiger partial charge in [0.25, 0.3) is 5.91 Å². The number of nitrogens with zero attached hydrogens (tertiary/aromatic N) is 4. The van der Waals surface area contributed by atoms with E-state index in [1.807, 2.05) is 38.1 Å². The minimum Gasteiger partial charge on any atom is -0.495 e. The van der Waals surface area contributed by atoms with Crippen molar-refractivity contribution in [3.8, 4) is 11.4 Å². The second kappa shape index (κ2) is 9.94. The first-order valence-corrected chi connectivity index (χ1v) is 12.7. The van der Waals surface area contributed by atoms with Crippen LogP contribution in [0.2, 0.25) is 0 Å². The minimum atomic E-state index is -3.80. The highest BCUT2D eigenvalue weighted by molar-refractivity contribution is 7.89. The molecule has 1 fully saturated rings. The van der Waals surface area contributed by atoms with E-state index in [0.717, 1.165) is 30.5 Å². The lowest BCUT2D eigenvalue weighted by atomic mass is 10.1. The Bertz CT molecular complexity index is 1240. The Morgan fingerprint density at radius 1 is 1.18 bits per heavy atom. The van der Waals surface area contributed by atoms with Crippen molar-refractivity contribution in [3.63, 3.8) is 0 Å². The molecule has 1 N–H and O–H groups in total. The van der Waals surface area contributed by atoms with E-state index in [1.165, 1.54) is 29.9 Å². The number of hydrogen-bond donors (Lipinski definition) is 1. The van der Waals surface area contributed by atoms with E-state index < -0.39 is 10.0 Å². The predicted octanol–water partition coefficient (Wildman–Crippen LogP) is 3.33. The Kier molecular flexibility index (Phi) is 6.99. The van der Waals surface area contributed by atoms with Gasteiger partial charge >= 0.3 is 0 Å². The van der Waals surface area contributed by atoms with Crippen LogP contribution >= 0.6 is 0 Å². The van der Waals surface area contributed by atoms with Gasteiger partial charge in [-0.2, -0.15) is 9.40 Å². The van der Waals surface area contributed by atoms with E-state index in [-0.39, 0.29) is 34.2 Å². The molecule has 1 aromatic heterocycles. The summed E-state index contributed by atoms with van der Waals surface area (Å²) in [4.78, 5) is 17.0. The van der Waals surface area contributed by atoms with Crippen LogP contribution in [0.4, 0.5) is 0 Å². The highest BCUT2D eigenvalue weighted by atomic mass is 32.2. The van der Waals surface area contributed by atoms with Gasteiger partial charge in [0.05, 0.1) is 18.8 Å². The molecular formula is C24H29N5O4S. The number of carbonyl (C=O) groups excluding carboxylic acids is 1. The van der Waals surface area contributed by atoms with Crippen LogP contribution in [-0.2, 0) is 10.0 Å². The molecule has 180 valence electrons. The minimum absolute atomic E-state index is 0.0150. The number of aromatic nitrogens is 3. The molecule has 34 heavy (non-hydrogen) atoms. The van der Waals surface area contributed by atoms with Crippen molar-refractivity contribution < 1.29 is 17.9 Å². The van der Waals surface area contributed by atoms with E-state index >= 15 is 0 Å². The van der Waals surface area contributed by atoms with Crippen molar-refractivity contribution in [2.24, 2.45) is 0 Å². The molecule has 2 aromatic carbocycles. The molecule has 1 aliphatic heterocycles.